The summed E-state index contributed by atoms with van der Waals surface area (Å²) in [5.74, 6) is -0.119. The molecule has 1 aliphatic rings. The summed E-state index contributed by atoms with van der Waals surface area (Å²) in [6.07, 6.45) is -4.81. The molecule has 2 aromatic carbocycles. The van der Waals surface area contributed by atoms with E-state index in [4.69, 9.17) is 4.74 Å². The minimum Gasteiger partial charge on any atom is -0.429 e. The number of hydrogen-bond acceptors (Lipinski definition) is 4. The van der Waals surface area contributed by atoms with Gasteiger partial charge in [0.2, 0.25) is 0 Å². The van der Waals surface area contributed by atoms with E-state index in [-0.39, 0.29) is 18.8 Å². The van der Waals surface area contributed by atoms with Crippen LogP contribution in [0.2, 0.25) is 0 Å². The zero-order valence-electron chi connectivity index (χ0n) is 13.3. The number of alkyl halides is 3. The number of halogens is 3. The lowest BCUT2D eigenvalue weighted by atomic mass is 10.3. The molecule has 1 aliphatic heterocycles. The lowest BCUT2D eigenvalue weighted by Gasteiger charge is -2.20. The van der Waals surface area contributed by atoms with Gasteiger partial charge in [0.25, 0.3) is 6.47 Å². The maximum Gasteiger partial charge on any atom is 0.573 e. The number of ether oxygens (including phenoxy) is 2. The van der Waals surface area contributed by atoms with Crippen molar-refractivity contribution in [2.75, 3.05) is 22.9 Å². The highest BCUT2D eigenvalue weighted by Gasteiger charge is 2.33. The molecule has 1 saturated heterocycles. The number of rotatable bonds is 5. The number of hydrogen-bond donors (Lipinski definition) is 0. The number of nitrogens with zero attached hydrogens (tertiary/aromatic N) is 2. The molecule has 6 nitrogen and oxygen atoms in total. The van der Waals surface area contributed by atoms with Crippen LogP contribution < -0.4 is 19.3 Å². The van der Waals surface area contributed by atoms with E-state index in [0.717, 1.165) is 12.1 Å². The molecule has 1 fully saturated rings. The number of amides is 2. The van der Waals surface area contributed by atoms with E-state index in [2.05, 4.69) is 4.74 Å². The monoisotopic (exact) mass is 366 g/mol. The molecule has 2 amide bonds. The quantitative estimate of drug-likeness (QED) is 0.759. The van der Waals surface area contributed by atoms with Gasteiger partial charge >= 0.3 is 12.4 Å². The van der Waals surface area contributed by atoms with Gasteiger partial charge in [-0.25, -0.2) is 4.79 Å². The van der Waals surface area contributed by atoms with Crippen LogP contribution in [0.15, 0.2) is 48.5 Å². The second-order valence-electron chi connectivity index (χ2n) is 5.34. The lowest BCUT2D eigenvalue weighted by Crippen LogP contribution is -2.31. The van der Waals surface area contributed by atoms with Gasteiger partial charge in [0.15, 0.2) is 0 Å². The van der Waals surface area contributed by atoms with Crippen LogP contribution in [0, 0.1) is 0 Å². The van der Waals surface area contributed by atoms with Crippen molar-refractivity contribution in [2.45, 2.75) is 6.36 Å². The highest BCUT2D eigenvalue weighted by atomic mass is 19.4. The normalized spacial score (nSPS) is 14.5. The summed E-state index contributed by atoms with van der Waals surface area (Å²) in [5.41, 5.74) is 0.805. The van der Waals surface area contributed by atoms with Crippen LogP contribution in [0.5, 0.6) is 11.5 Å². The maximum atomic E-state index is 12.7. The second kappa shape index (κ2) is 6.95. The van der Waals surface area contributed by atoms with Crippen molar-refractivity contribution < 1.29 is 32.2 Å². The topological polar surface area (TPSA) is 59.1 Å². The van der Waals surface area contributed by atoms with Crippen molar-refractivity contribution in [3.05, 3.63) is 48.5 Å². The molecule has 2 aromatic rings. The molecule has 9 heteroatoms. The van der Waals surface area contributed by atoms with Gasteiger partial charge in [-0.15, -0.1) is 13.2 Å². The molecule has 0 atom stereocenters. The zero-order valence-corrected chi connectivity index (χ0v) is 13.3. The van der Waals surface area contributed by atoms with Crippen molar-refractivity contribution in [3.63, 3.8) is 0 Å². The van der Waals surface area contributed by atoms with Crippen molar-refractivity contribution in [2.24, 2.45) is 0 Å². The summed E-state index contributed by atoms with van der Waals surface area (Å²) in [5, 5.41) is 0. The Kier molecular flexibility index (Phi) is 4.70. The van der Waals surface area contributed by atoms with E-state index < -0.39 is 18.1 Å². The molecule has 0 aliphatic carbocycles. The van der Waals surface area contributed by atoms with Gasteiger partial charge < -0.3 is 9.47 Å². The molecule has 0 unspecified atom stereocenters. The van der Waals surface area contributed by atoms with Crippen molar-refractivity contribution in [1.82, 2.24) is 0 Å². The highest BCUT2D eigenvalue weighted by molar-refractivity contribution is 6.06. The summed E-state index contributed by atoms with van der Waals surface area (Å²) in [4.78, 5) is 25.9. The van der Waals surface area contributed by atoms with Crippen LogP contribution >= 0.6 is 0 Å². The first-order chi connectivity index (χ1) is 12.4. The second-order valence-corrected chi connectivity index (χ2v) is 5.34. The van der Waals surface area contributed by atoms with Gasteiger partial charge in [0.05, 0.1) is 0 Å². The van der Waals surface area contributed by atoms with Crippen molar-refractivity contribution in [3.8, 4) is 11.5 Å². The number of carbonyl (C=O) groups is 2. The van der Waals surface area contributed by atoms with Gasteiger partial charge in [-0.1, -0.05) is 12.1 Å². The van der Waals surface area contributed by atoms with Crippen molar-refractivity contribution >= 4 is 23.9 Å². The van der Waals surface area contributed by atoms with Gasteiger partial charge in [0, 0.05) is 36.6 Å². The average molecular weight is 366 g/mol. The van der Waals surface area contributed by atoms with E-state index in [1.165, 1.54) is 28.0 Å². The van der Waals surface area contributed by atoms with E-state index >= 15 is 0 Å². The van der Waals surface area contributed by atoms with Crippen LogP contribution in [-0.2, 0) is 4.79 Å². The molecule has 3 rings (SSSR count). The van der Waals surface area contributed by atoms with Gasteiger partial charge in [-0.05, 0) is 24.3 Å². The first kappa shape index (κ1) is 17.6. The first-order valence-electron chi connectivity index (χ1n) is 7.52. The third kappa shape index (κ3) is 3.88. The average Bonchev–Trinajstić information content (AvgIpc) is 2.96. The van der Waals surface area contributed by atoms with Crippen molar-refractivity contribution in [1.29, 1.82) is 0 Å². The molecule has 0 N–H and O–H groups in total. The van der Waals surface area contributed by atoms with Gasteiger partial charge in [-0.3, -0.25) is 14.6 Å². The van der Waals surface area contributed by atoms with E-state index in [1.54, 1.807) is 18.2 Å². The van der Waals surface area contributed by atoms with Gasteiger partial charge in [-0.2, -0.15) is 0 Å². The van der Waals surface area contributed by atoms with E-state index in [9.17, 15) is 22.8 Å². The van der Waals surface area contributed by atoms with Crippen LogP contribution in [0.25, 0.3) is 0 Å². The minimum absolute atomic E-state index is 0.281. The molecule has 0 aromatic heterocycles. The molecule has 0 bridgehead atoms. The molecular formula is C17H13F3N2O4. The summed E-state index contributed by atoms with van der Waals surface area (Å²) < 4.78 is 45.7. The first-order valence-corrected chi connectivity index (χ1v) is 7.52. The molecule has 136 valence electrons. The van der Waals surface area contributed by atoms with Crippen LogP contribution in [0.1, 0.15) is 0 Å². The zero-order chi connectivity index (χ0) is 18.7. The molecular weight excluding hydrogens is 353 g/mol. The number of carbonyl (C=O) groups excluding carboxylic acids is 2. The molecule has 0 saturated carbocycles. The van der Waals surface area contributed by atoms with Crippen LogP contribution in [0.3, 0.4) is 0 Å². The molecule has 0 radical (unpaired) electrons. The number of benzene rings is 2. The van der Waals surface area contributed by atoms with Crippen LogP contribution in [-0.4, -0.2) is 32.0 Å². The maximum absolute atomic E-state index is 12.7. The fourth-order valence-electron chi connectivity index (χ4n) is 2.64. The van der Waals surface area contributed by atoms with Gasteiger partial charge in [0.1, 0.15) is 11.5 Å². The largest absolute Gasteiger partial charge is 0.573 e. The smallest absolute Gasteiger partial charge is 0.429 e. The summed E-state index contributed by atoms with van der Waals surface area (Å²) in [7, 11) is 0. The Bertz CT molecular complexity index is 826. The summed E-state index contributed by atoms with van der Waals surface area (Å²) in [6.45, 7) is 0.893. The standard InChI is InChI=1S/C17H13F3N2O4/c18-17(19,20)26-15-6-2-4-13(10-15)22-8-7-21(16(22)24)12-3-1-5-14(9-12)25-11-23/h1-6,9-11H,7-8H2. The third-order valence-corrected chi connectivity index (χ3v) is 3.69. The Hall–Kier alpha value is -3.23. The Morgan fingerprint density at radius 1 is 0.923 bits per heavy atom. The lowest BCUT2D eigenvalue weighted by molar-refractivity contribution is -0.274. The Balaban J connectivity index is 1.80. The molecule has 1 heterocycles. The Labute approximate surface area is 146 Å². The minimum atomic E-state index is -4.81. The highest BCUT2D eigenvalue weighted by Crippen LogP contribution is 2.31. The predicted molar refractivity (Wildman–Crippen MR) is 86.3 cm³/mol. The Morgan fingerprint density at radius 2 is 1.46 bits per heavy atom. The molecule has 26 heavy (non-hydrogen) atoms. The van der Waals surface area contributed by atoms with E-state index in [0.29, 0.717) is 17.9 Å². The predicted octanol–water partition coefficient (Wildman–Crippen LogP) is 3.57. The Morgan fingerprint density at radius 3 is 2.00 bits per heavy atom. The summed E-state index contributed by atoms with van der Waals surface area (Å²) >= 11 is 0. The van der Waals surface area contributed by atoms with Crippen LogP contribution in [0.4, 0.5) is 29.3 Å². The number of urea groups is 1. The summed E-state index contributed by atoms with van der Waals surface area (Å²) in [6, 6.07) is 11.2. The third-order valence-electron chi connectivity index (χ3n) is 3.69. The van der Waals surface area contributed by atoms with E-state index in [1.807, 2.05) is 0 Å². The SMILES string of the molecule is O=COc1cccc(N2CCN(c3cccc(OC(F)(F)F)c3)C2=O)c1. The number of anilines is 2. The molecule has 0 spiro atoms. The fraction of sp³-hybridized carbons (Fsp3) is 0.176. The fourth-order valence-corrected chi connectivity index (χ4v) is 2.64.